The second-order valence-corrected chi connectivity index (χ2v) is 5.05. The fourth-order valence-corrected chi connectivity index (χ4v) is 2.27. The summed E-state index contributed by atoms with van der Waals surface area (Å²) < 4.78 is 6.14. The van der Waals surface area contributed by atoms with Gasteiger partial charge in [-0.2, -0.15) is 0 Å². The van der Waals surface area contributed by atoms with Crippen LogP contribution >= 0.6 is 22.9 Å². The molecule has 0 saturated carbocycles. The Balaban J connectivity index is 2.04. The molecule has 0 aliphatic carbocycles. The Morgan fingerprint density at radius 3 is 2.82 bits per heavy atom. The molecule has 0 amide bonds. The first kappa shape index (κ1) is 11.9. The van der Waals surface area contributed by atoms with Crippen molar-refractivity contribution in [2.24, 2.45) is 0 Å². The third kappa shape index (κ3) is 3.18. The molecule has 1 aromatic carbocycles. The van der Waals surface area contributed by atoms with Crippen LogP contribution in [-0.2, 0) is 6.61 Å². The number of rotatable bonds is 4. The molecule has 2 aromatic rings. The minimum absolute atomic E-state index is 0.0201. The van der Waals surface area contributed by atoms with Gasteiger partial charge in [0, 0.05) is 10.9 Å². The van der Waals surface area contributed by atoms with Gasteiger partial charge < -0.3 is 4.74 Å². The fourth-order valence-electron chi connectivity index (χ4n) is 1.27. The SMILES string of the molecule is O=[N+]([O-])c1cccc(OCc2ccc(Cl)s2)c1. The van der Waals surface area contributed by atoms with Gasteiger partial charge in [0.25, 0.3) is 5.69 Å². The molecule has 17 heavy (non-hydrogen) atoms. The summed E-state index contributed by atoms with van der Waals surface area (Å²) in [6, 6.07) is 9.75. The van der Waals surface area contributed by atoms with Crippen molar-refractivity contribution in [1.29, 1.82) is 0 Å². The van der Waals surface area contributed by atoms with Crippen LogP contribution in [0.2, 0.25) is 4.34 Å². The first-order valence-electron chi connectivity index (χ1n) is 4.76. The third-order valence-electron chi connectivity index (χ3n) is 2.04. The molecule has 4 nitrogen and oxygen atoms in total. The number of ether oxygens (including phenoxy) is 1. The molecule has 0 bridgehead atoms. The standard InChI is InChI=1S/C11H8ClNO3S/c12-11-5-4-10(17-11)7-16-9-3-1-2-8(6-9)13(14)15/h1-6H,7H2. The minimum Gasteiger partial charge on any atom is -0.488 e. The molecule has 88 valence electrons. The summed E-state index contributed by atoms with van der Waals surface area (Å²) in [5.74, 6) is 0.476. The largest absolute Gasteiger partial charge is 0.488 e. The van der Waals surface area contributed by atoms with E-state index in [4.69, 9.17) is 16.3 Å². The number of nitro groups is 1. The van der Waals surface area contributed by atoms with E-state index in [1.54, 1.807) is 18.2 Å². The molecule has 0 aliphatic heterocycles. The summed E-state index contributed by atoms with van der Waals surface area (Å²) >= 11 is 7.21. The number of non-ortho nitro benzene ring substituents is 1. The zero-order valence-electron chi connectivity index (χ0n) is 8.63. The lowest BCUT2D eigenvalue weighted by Gasteiger charge is -2.03. The molecule has 0 atom stereocenters. The zero-order valence-corrected chi connectivity index (χ0v) is 10.2. The lowest BCUT2D eigenvalue weighted by molar-refractivity contribution is -0.384. The Kier molecular flexibility index (Phi) is 3.61. The Labute approximate surface area is 107 Å². The molecular formula is C11H8ClNO3S. The summed E-state index contributed by atoms with van der Waals surface area (Å²) in [6.45, 7) is 0.360. The summed E-state index contributed by atoms with van der Waals surface area (Å²) in [7, 11) is 0. The third-order valence-corrected chi connectivity index (χ3v) is 3.24. The average Bonchev–Trinajstić information content (AvgIpc) is 2.73. The second-order valence-electron chi connectivity index (χ2n) is 3.25. The minimum atomic E-state index is -0.450. The van der Waals surface area contributed by atoms with Crippen LogP contribution in [-0.4, -0.2) is 4.92 Å². The van der Waals surface area contributed by atoms with Crippen molar-refractivity contribution in [3.8, 4) is 5.75 Å². The van der Waals surface area contributed by atoms with Gasteiger partial charge >= 0.3 is 0 Å². The van der Waals surface area contributed by atoms with E-state index in [2.05, 4.69) is 0 Å². The molecule has 0 radical (unpaired) electrons. The molecule has 0 saturated heterocycles. The predicted molar refractivity (Wildman–Crippen MR) is 66.8 cm³/mol. The monoisotopic (exact) mass is 269 g/mol. The van der Waals surface area contributed by atoms with Gasteiger partial charge in [-0.3, -0.25) is 10.1 Å². The van der Waals surface area contributed by atoms with Crippen molar-refractivity contribution in [3.63, 3.8) is 0 Å². The maximum Gasteiger partial charge on any atom is 0.273 e. The Morgan fingerprint density at radius 1 is 1.35 bits per heavy atom. The Bertz CT molecular complexity index is 541. The molecule has 2 rings (SSSR count). The van der Waals surface area contributed by atoms with Crippen molar-refractivity contribution in [3.05, 3.63) is 55.7 Å². The Hall–Kier alpha value is -1.59. The van der Waals surface area contributed by atoms with E-state index in [1.165, 1.54) is 23.5 Å². The van der Waals surface area contributed by atoms with Crippen LogP contribution in [0.25, 0.3) is 0 Å². The molecule has 0 spiro atoms. The van der Waals surface area contributed by atoms with Crippen molar-refractivity contribution in [1.82, 2.24) is 0 Å². The lowest BCUT2D eigenvalue weighted by Crippen LogP contribution is -1.94. The summed E-state index contributed by atoms with van der Waals surface area (Å²) in [5.41, 5.74) is 0.0201. The first-order valence-corrected chi connectivity index (χ1v) is 5.96. The summed E-state index contributed by atoms with van der Waals surface area (Å²) in [4.78, 5) is 11.1. The van der Waals surface area contributed by atoms with Crippen molar-refractivity contribution >= 4 is 28.6 Å². The van der Waals surface area contributed by atoms with Gasteiger partial charge in [-0.15, -0.1) is 11.3 Å². The molecule has 0 unspecified atom stereocenters. The fraction of sp³-hybridized carbons (Fsp3) is 0.0909. The van der Waals surface area contributed by atoms with Crippen molar-refractivity contribution in [2.45, 2.75) is 6.61 Å². The highest BCUT2D eigenvalue weighted by molar-refractivity contribution is 7.16. The van der Waals surface area contributed by atoms with Crippen molar-refractivity contribution < 1.29 is 9.66 Å². The lowest BCUT2D eigenvalue weighted by atomic mass is 10.3. The highest BCUT2D eigenvalue weighted by Gasteiger charge is 2.06. The molecule has 0 fully saturated rings. The van der Waals surface area contributed by atoms with E-state index < -0.39 is 4.92 Å². The number of thiophene rings is 1. The molecule has 1 heterocycles. The number of benzene rings is 1. The average molecular weight is 270 g/mol. The Morgan fingerprint density at radius 2 is 2.18 bits per heavy atom. The maximum atomic E-state index is 10.6. The quantitative estimate of drug-likeness (QED) is 0.625. The van der Waals surface area contributed by atoms with Gasteiger partial charge in [0.15, 0.2) is 0 Å². The second kappa shape index (κ2) is 5.16. The molecule has 0 N–H and O–H groups in total. The van der Waals surface area contributed by atoms with E-state index in [9.17, 15) is 10.1 Å². The topological polar surface area (TPSA) is 52.4 Å². The van der Waals surface area contributed by atoms with Crippen LogP contribution < -0.4 is 4.74 Å². The van der Waals surface area contributed by atoms with Gasteiger partial charge in [0.2, 0.25) is 0 Å². The van der Waals surface area contributed by atoms with Crippen LogP contribution in [0.4, 0.5) is 5.69 Å². The van der Waals surface area contributed by atoms with Gasteiger partial charge in [0.1, 0.15) is 12.4 Å². The van der Waals surface area contributed by atoms with Gasteiger partial charge in [-0.1, -0.05) is 17.7 Å². The number of halogens is 1. The number of nitrogens with zero attached hydrogens (tertiary/aromatic N) is 1. The first-order chi connectivity index (χ1) is 8.15. The van der Waals surface area contributed by atoms with E-state index in [0.29, 0.717) is 16.7 Å². The summed E-state index contributed by atoms with van der Waals surface area (Å²) in [5, 5.41) is 10.6. The van der Waals surface area contributed by atoms with Crippen LogP contribution in [0, 0.1) is 10.1 Å². The maximum absolute atomic E-state index is 10.6. The highest BCUT2D eigenvalue weighted by atomic mass is 35.5. The zero-order chi connectivity index (χ0) is 12.3. The molecular weight excluding hydrogens is 262 g/mol. The summed E-state index contributed by atoms with van der Waals surface area (Å²) in [6.07, 6.45) is 0. The van der Waals surface area contributed by atoms with E-state index >= 15 is 0 Å². The van der Waals surface area contributed by atoms with Gasteiger partial charge in [-0.25, -0.2) is 0 Å². The van der Waals surface area contributed by atoms with Crippen LogP contribution in [0.15, 0.2) is 36.4 Å². The van der Waals surface area contributed by atoms with Crippen molar-refractivity contribution in [2.75, 3.05) is 0 Å². The normalized spacial score (nSPS) is 10.2. The van der Waals surface area contributed by atoms with Gasteiger partial charge in [0.05, 0.1) is 15.3 Å². The van der Waals surface area contributed by atoms with Crippen LogP contribution in [0.3, 0.4) is 0 Å². The number of hydrogen-bond donors (Lipinski definition) is 0. The molecule has 0 aliphatic rings. The van der Waals surface area contributed by atoms with E-state index in [1.807, 2.05) is 6.07 Å². The smallest absolute Gasteiger partial charge is 0.273 e. The number of hydrogen-bond acceptors (Lipinski definition) is 4. The molecule has 6 heteroatoms. The van der Waals surface area contributed by atoms with Crippen LogP contribution in [0.5, 0.6) is 5.75 Å². The number of nitro benzene ring substituents is 1. The van der Waals surface area contributed by atoms with E-state index in [-0.39, 0.29) is 5.69 Å². The predicted octanol–water partition coefficient (Wildman–Crippen LogP) is 3.89. The highest BCUT2D eigenvalue weighted by Crippen LogP contribution is 2.24. The van der Waals surface area contributed by atoms with Gasteiger partial charge in [-0.05, 0) is 18.2 Å². The molecule has 1 aromatic heterocycles. The van der Waals surface area contributed by atoms with E-state index in [0.717, 1.165) is 4.88 Å². The van der Waals surface area contributed by atoms with Crippen LogP contribution in [0.1, 0.15) is 4.88 Å².